The maximum Gasteiger partial charge on any atom is 0.223 e. The fraction of sp³-hybridized carbons (Fsp3) is 0.500. The van der Waals surface area contributed by atoms with Crippen LogP contribution in [0.3, 0.4) is 0 Å². The van der Waals surface area contributed by atoms with E-state index in [1.165, 1.54) is 4.63 Å². The normalized spacial score (nSPS) is 15.2. The summed E-state index contributed by atoms with van der Waals surface area (Å²) in [5.74, 6) is 1.79. The van der Waals surface area contributed by atoms with Gasteiger partial charge in [-0.1, -0.05) is 0 Å². The predicted molar refractivity (Wildman–Crippen MR) is 99.5 cm³/mol. The summed E-state index contributed by atoms with van der Waals surface area (Å²) in [4.78, 5) is 14.5. The molecule has 1 aliphatic heterocycles. The topological polar surface area (TPSA) is 111 Å². The number of ether oxygens (including phenoxy) is 1. The van der Waals surface area contributed by atoms with Crippen molar-refractivity contribution in [1.82, 2.24) is 30.6 Å². The number of hydrogen-bond acceptors (Lipinski definition) is 8. The molecule has 4 rings (SSSR count). The van der Waals surface area contributed by atoms with Crippen LogP contribution < -0.4 is 10.2 Å². The van der Waals surface area contributed by atoms with Crippen molar-refractivity contribution >= 4 is 17.4 Å². The second-order valence-corrected chi connectivity index (χ2v) is 6.76. The molecule has 1 amide bonds. The van der Waals surface area contributed by atoms with Crippen molar-refractivity contribution in [2.45, 2.75) is 25.9 Å². The Morgan fingerprint density at radius 1 is 1.29 bits per heavy atom. The lowest BCUT2D eigenvalue weighted by Crippen LogP contribution is -2.41. The Balaban J connectivity index is 1.14. The van der Waals surface area contributed by atoms with Crippen molar-refractivity contribution in [3.63, 3.8) is 0 Å². The first kappa shape index (κ1) is 18.4. The Kier molecular flexibility index (Phi) is 5.76. The summed E-state index contributed by atoms with van der Waals surface area (Å²) in [6.07, 6.45) is 4.01. The van der Waals surface area contributed by atoms with Crippen LogP contribution in [0.25, 0.3) is 5.65 Å². The first-order valence-corrected chi connectivity index (χ1v) is 9.48. The maximum absolute atomic E-state index is 12.4. The lowest BCUT2D eigenvalue weighted by Gasteiger charge is -2.31. The van der Waals surface area contributed by atoms with Gasteiger partial charge in [-0.05, 0) is 54.0 Å². The third kappa shape index (κ3) is 4.45. The van der Waals surface area contributed by atoms with Crippen LogP contribution in [0.4, 0.5) is 5.82 Å². The minimum absolute atomic E-state index is 0.0389. The van der Waals surface area contributed by atoms with E-state index >= 15 is 0 Å². The summed E-state index contributed by atoms with van der Waals surface area (Å²) < 4.78 is 12.1. The van der Waals surface area contributed by atoms with Gasteiger partial charge in [0.15, 0.2) is 11.5 Å². The second-order valence-electron chi connectivity index (χ2n) is 6.76. The molecule has 1 fully saturated rings. The molecule has 10 heteroatoms. The van der Waals surface area contributed by atoms with E-state index in [2.05, 4.69) is 30.8 Å². The average molecular weight is 385 g/mol. The Morgan fingerprint density at radius 3 is 3.00 bits per heavy atom. The van der Waals surface area contributed by atoms with Gasteiger partial charge >= 0.3 is 0 Å². The van der Waals surface area contributed by atoms with Crippen LogP contribution in [0, 0.1) is 5.92 Å². The largest absolute Gasteiger partial charge is 0.467 e. The number of furan rings is 1. The zero-order valence-electron chi connectivity index (χ0n) is 15.5. The minimum Gasteiger partial charge on any atom is -0.467 e. The summed E-state index contributed by atoms with van der Waals surface area (Å²) in [5, 5.41) is 18.7. The molecule has 0 bridgehead atoms. The minimum atomic E-state index is 0.0389. The lowest BCUT2D eigenvalue weighted by atomic mass is 9.96. The third-order valence-electron chi connectivity index (χ3n) is 4.83. The molecule has 0 aliphatic carbocycles. The zero-order valence-corrected chi connectivity index (χ0v) is 15.5. The molecule has 10 nitrogen and oxygen atoms in total. The van der Waals surface area contributed by atoms with E-state index in [4.69, 9.17) is 9.15 Å². The van der Waals surface area contributed by atoms with E-state index in [0.29, 0.717) is 25.4 Å². The summed E-state index contributed by atoms with van der Waals surface area (Å²) in [6.45, 7) is 3.24. The quantitative estimate of drug-likeness (QED) is 0.573. The van der Waals surface area contributed by atoms with Gasteiger partial charge in [0.25, 0.3) is 0 Å². The number of nitrogens with one attached hydrogen (secondary N) is 1. The molecule has 0 spiro atoms. The molecule has 1 N–H and O–H groups in total. The molecule has 148 valence electrons. The summed E-state index contributed by atoms with van der Waals surface area (Å²) in [6, 6.07) is 7.47. The van der Waals surface area contributed by atoms with E-state index in [1.54, 1.807) is 6.26 Å². The molecule has 1 saturated heterocycles. The lowest BCUT2D eigenvalue weighted by molar-refractivity contribution is -0.125. The van der Waals surface area contributed by atoms with Gasteiger partial charge in [0, 0.05) is 32.2 Å². The molecule has 0 saturated carbocycles. The number of amides is 1. The Hall–Kier alpha value is -3.01. The number of nitrogens with zero attached hydrogens (tertiary/aromatic N) is 6. The van der Waals surface area contributed by atoms with Gasteiger partial charge < -0.3 is 19.4 Å². The van der Waals surface area contributed by atoms with Gasteiger partial charge in [-0.2, -0.15) is 0 Å². The number of piperidine rings is 1. The highest BCUT2D eigenvalue weighted by Gasteiger charge is 2.25. The van der Waals surface area contributed by atoms with Crippen LogP contribution in [-0.4, -0.2) is 57.4 Å². The fourth-order valence-corrected chi connectivity index (χ4v) is 3.28. The highest BCUT2D eigenvalue weighted by atomic mass is 16.5. The Labute approximate surface area is 161 Å². The molecule has 3 aromatic rings. The molecule has 28 heavy (non-hydrogen) atoms. The van der Waals surface area contributed by atoms with Gasteiger partial charge in [-0.25, -0.2) is 0 Å². The van der Waals surface area contributed by atoms with Gasteiger partial charge in [0.2, 0.25) is 5.91 Å². The van der Waals surface area contributed by atoms with Gasteiger partial charge in [0.05, 0.1) is 6.26 Å². The monoisotopic (exact) mass is 385 g/mol. The van der Waals surface area contributed by atoms with E-state index in [9.17, 15) is 4.79 Å². The van der Waals surface area contributed by atoms with Gasteiger partial charge in [-0.15, -0.1) is 14.8 Å². The summed E-state index contributed by atoms with van der Waals surface area (Å²) in [5.41, 5.74) is 0.617. The number of carbonyl (C=O) groups is 1. The Morgan fingerprint density at radius 2 is 2.18 bits per heavy atom. The average Bonchev–Trinajstić information content (AvgIpc) is 3.41. The molecular formula is C18H23N7O3. The summed E-state index contributed by atoms with van der Waals surface area (Å²) >= 11 is 0. The van der Waals surface area contributed by atoms with Crippen molar-refractivity contribution in [3.8, 4) is 0 Å². The first-order valence-electron chi connectivity index (χ1n) is 9.48. The number of aromatic nitrogens is 5. The van der Waals surface area contributed by atoms with Crippen LogP contribution in [-0.2, 0) is 16.1 Å². The van der Waals surface area contributed by atoms with E-state index in [-0.39, 0.29) is 11.8 Å². The maximum atomic E-state index is 12.4. The van der Waals surface area contributed by atoms with Crippen LogP contribution in [0.15, 0.2) is 34.9 Å². The van der Waals surface area contributed by atoms with Crippen molar-refractivity contribution in [1.29, 1.82) is 0 Å². The zero-order chi connectivity index (χ0) is 19.2. The predicted octanol–water partition coefficient (Wildman–Crippen LogP) is 1.05. The molecule has 0 aromatic carbocycles. The van der Waals surface area contributed by atoms with Gasteiger partial charge in [0.1, 0.15) is 12.4 Å². The van der Waals surface area contributed by atoms with E-state index in [0.717, 1.165) is 43.9 Å². The number of tetrazole rings is 1. The standard InChI is InChI=1S/C18H23N7O3/c26-18(19-8-2-11-27-13-15-3-1-12-28-15)14-6-9-24(10-7-14)17-5-4-16-20-22-23-25(16)21-17/h1,3-5,12,14H,2,6-11,13H2,(H,19,26). The molecule has 0 unspecified atom stereocenters. The summed E-state index contributed by atoms with van der Waals surface area (Å²) in [7, 11) is 0. The molecule has 1 aliphatic rings. The van der Waals surface area contributed by atoms with Crippen molar-refractivity contribution in [2.75, 3.05) is 31.1 Å². The van der Waals surface area contributed by atoms with Crippen molar-refractivity contribution < 1.29 is 13.9 Å². The smallest absolute Gasteiger partial charge is 0.223 e. The number of carbonyl (C=O) groups excluding carboxylic acids is 1. The van der Waals surface area contributed by atoms with Crippen molar-refractivity contribution in [3.05, 3.63) is 36.3 Å². The fourth-order valence-electron chi connectivity index (χ4n) is 3.28. The van der Waals surface area contributed by atoms with E-state index in [1.807, 2.05) is 24.3 Å². The first-order chi connectivity index (χ1) is 13.8. The van der Waals surface area contributed by atoms with Crippen molar-refractivity contribution in [2.24, 2.45) is 5.92 Å². The molecular weight excluding hydrogens is 362 g/mol. The number of fused-ring (bicyclic) bond motifs is 1. The highest BCUT2D eigenvalue weighted by molar-refractivity contribution is 5.78. The number of rotatable bonds is 8. The molecule has 0 atom stereocenters. The third-order valence-corrected chi connectivity index (χ3v) is 4.83. The molecule has 4 heterocycles. The van der Waals surface area contributed by atoms with E-state index < -0.39 is 0 Å². The van der Waals surface area contributed by atoms with Crippen LogP contribution in [0.1, 0.15) is 25.0 Å². The van der Waals surface area contributed by atoms with Crippen LogP contribution in [0.2, 0.25) is 0 Å². The SMILES string of the molecule is O=C(NCCCOCc1ccco1)C1CCN(c2ccc3nnnn3n2)CC1. The number of hydrogen-bond donors (Lipinski definition) is 1. The second kappa shape index (κ2) is 8.79. The molecule has 0 radical (unpaired) electrons. The van der Waals surface area contributed by atoms with Crippen LogP contribution >= 0.6 is 0 Å². The molecule has 3 aromatic heterocycles. The number of anilines is 1. The highest BCUT2D eigenvalue weighted by Crippen LogP contribution is 2.21. The Bertz CT molecular complexity index is 888. The van der Waals surface area contributed by atoms with Crippen LogP contribution in [0.5, 0.6) is 0 Å². The van der Waals surface area contributed by atoms with Gasteiger partial charge in [-0.3, -0.25) is 4.79 Å².